The molecule has 7 heteroatoms. The fraction of sp³-hybridized carbons (Fsp3) is 0.727. The molecule has 1 saturated heterocycles. The first-order valence-corrected chi connectivity index (χ1v) is 7.75. The normalized spacial score (nSPS) is 18.7. The molecule has 1 N–H and O–H groups in total. The average molecular weight is 272 g/mol. The highest BCUT2D eigenvalue weighted by Crippen LogP contribution is 2.12. The molecule has 0 aromatic carbocycles. The van der Waals surface area contributed by atoms with Crippen molar-refractivity contribution in [3.8, 4) is 0 Å². The monoisotopic (exact) mass is 272 g/mol. The van der Waals surface area contributed by atoms with Crippen molar-refractivity contribution in [1.29, 1.82) is 0 Å². The molecular weight excluding hydrogens is 252 g/mol. The Morgan fingerprint density at radius 1 is 1.28 bits per heavy atom. The lowest BCUT2D eigenvalue weighted by molar-refractivity contribution is 0.414. The largest absolute Gasteiger partial charge is 0.279 e. The zero-order chi connectivity index (χ0) is 13.0. The van der Waals surface area contributed by atoms with Crippen LogP contribution in [-0.4, -0.2) is 35.6 Å². The Morgan fingerprint density at radius 2 is 1.94 bits per heavy atom. The highest BCUT2D eigenvalue weighted by atomic mass is 32.2. The molecule has 1 aliphatic heterocycles. The van der Waals surface area contributed by atoms with Gasteiger partial charge in [0.2, 0.25) is 0 Å². The number of nitrogens with one attached hydrogen (secondary N) is 1. The number of aryl methyl sites for hydroxylation is 1. The van der Waals surface area contributed by atoms with E-state index in [0.29, 0.717) is 13.1 Å². The molecule has 6 nitrogen and oxygen atoms in total. The van der Waals surface area contributed by atoms with Crippen LogP contribution in [0.5, 0.6) is 0 Å². The molecule has 0 atom stereocenters. The van der Waals surface area contributed by atoms with Gasteiger partial charge in [-0.15, -0.1) is 0 Å². The number of hydrogen-bond acceptors (Lipinski definition) is 3. The minimum atomic E-state index is -3.36. The van der Waals surface area contributed by atoms with Crippen molar-refractivity contribution in [3.05, 3.63) is 18.0 Å². The Morgan fingerprint density at radius 3 is 2.50 bits per heavy atom. The fourth-order valence-electron chi connectivity index (χ4n) is 2.11. The van der Waals surface area contributed by atoms with Gasteiger partial charge in [0.05, 0.1) is 12.2 Å². The van der Waals surface area contributed by atoms with Crippen molar-refractivity contribution in [2.24, 2.45) is 7.05 Å². The standard InChI is InChI=1S/C11H20N4O2S/c1-14-11(6-7-12-14)10-13-18(16,17)15-8-4-2-3-5-9-15/h6-7,13H,2-5,8-10H2,1H3. The number of rotatable bonds is 4. The minimum absolute atomic E-state index is 0.287. The van der Waals surface area contributed by atoms with Gasteiger partial charge in [0, 0.05) is 26.3 Å². The molecule has 0 radical (unpaired) electrons. The summed E-state index contributed by atoms with van der Waals surface area (Å²) in [5.74, 6) is 0. The minimum Gasteiger partial charge on any atom is -0.271 e. The van der Waals surface area contributed by atoms with Crippen LogP contribution in [0.3, 0.4) is 0 Å². The molecule has 102 valence electrons. The van der Waals surface area contributed by atoms with Gasteiger partial charge in [-0.2, -0.15) is 22.5 Å². The van der Waals surface area contributed by atoms with Gasteiger partial charge in [0.1, 0.15) is 0 Å². The van der Waals surface area contributed by atoms with Crippen LogP contribution < -0.4 is 4.72 Å². The van der Waals surface area contributed by atoms with Gasteiger partial charge in [0.25, 0.3) is 10.2 Å². The second kappa shape index (κ2) is 5.81. The number of aromatic nitrogens is 2. The SMILES string of the molecule is Cn1nccc1CNS(=O)(=O)N1CCCCCC1. The summed E-state index contributed by atoms with van der Waals surface area (Å²) in [5, 5.41) is 4.01. The van der Waals surface area contributed by atoms with E-state index in [2.05, 4.69) is 9.82 Å². The van der Waals surface area contributed by atoms with Gasteiger partial charge in [-0.1, -0.05) is 12.8 Å². The van der Waals surface area contributed by atoms with E-state index in [1.807, 2.05) is 6.07 Å². The predicted molar refractivity (Wildman–Crippen MR) is 69.0 cm³/mol. The maximum Gasteiger partial charge on any atom is 0.279 e. The first-order valence-electron chi connectivity index (χ1n) is 6.31. The summed E-state index contributed by atoms with van der Waals surface area (Å²) in [5.41, 5.74) is 0.855. The summed E-state index contributed by atoms with van der Waals surface area (Å²) < 4.78 is 30.1. The first-order chi connectivity index (χ1) is 8.59. The number of nitrogens with zero attached hydrogens (tertiary/aromatic N) is 3. The van der Waals surface area contributed by atoms with Crippen LogP contribution in [-0.2, 0) is 23.8 Å². The van der Waals surface area contributed by atoms with Gasteiger partial charge in [0.15, 0.2) is 0 Å². The van der Waals surface area contributed by atoms with Crippen LogP contribution in [0.4, 0.5) is 0 Å². The van der Waals surface area contributed by atoms with Crippen LogP contribution in [0, 0.1) is 0 Å². The third kappa shape index (κ3) is 3.30. The Kier molecular flexibility index (Phi) is 4.36. The quantitative estimate of drug-likeness (QED) is 0.874. The molecule has 1 fully saturated rings. The molecule has 1 aliphatic rings. The van der Waals surface area contributed by atoms with Crippen molar-refractivity contribution < 1.29 is 8.42 Å². The molecule has 0 amide bonds. The third-order valence-corrected chi connectivity index (χ3v) is 4.82. The van der Waals surface area contributed by atoms with E-state index in [1.54, 1.807) is 22.2 Å². The highest BCUT2D eigenvalue weighted by Gasteiger charge is 2.22. The summed E-state index contributed by atoms with van der Waals surface area (Å²) in [7, 11) is -1.56. The zero-order valence-electron chi connectivity index (χ0n) is 10.7. The molecule has 0 unspecified atom stereocenters. The lowest BCUT2D eigenvalue weighted by Gasteiger charge is -2.20. The lowest BCUT2D eigenvalue weighted by Crippen LogP contribution is -2.41. The van der Waals surface area contributed by atoms with Crippen molar-refractivity contribution in [2.45, 2.75) is 32.2 Å². The third-order valence-electron chi connectivity index (χ3n) is 3.26. The molecule has 1 aromatic rings. The molecule has 1 aromatic heterocycles. The summed E-state index contributed by atoms with van der Waals surface area (Å²) >= 11 is 0. The predicted octanol–water partition coefficient (Wildman–Crippen LogP) is 0.630. The Hall–Kier alpha value is -0.920. The summed E-state index contributed by atoms with van der Waals surface area (Å²) in [6.45, 7) is 1.54. The van der Waals surface area contributed by atoms with Crippen LogP contribution in [0.1, 0.15) is 31.4 Å². The van der Waals surface area contributed by atoms with E-state index >= 15 is 0 Å². The highest BCUT2D eigenvalue weighted by molar-refractivity contribution is 7.87. The van der Waals surface area contributed by atoms with Gasteiger partial charge in [-0.25, -0.2) is 0 Å². The molecule has 0 bridgehead atoms. The van der Waals surface area contributed by atoms with E-state index in [0.717, 1.165) is 31.4 Å². The van der Waals surface area contributed by atoms with Crippen LogP contribution in [0.15, 0.2) is 12.3 Å². The van der Waals surface area contributed by atoms with Crippen molar-refractivity contribution in [3.63, 3.8) is 0 Å². The number of hydrogen-bond donors (Lipinski definition) is 1. The van der Waals surface area contributed by atoms with E-state index in [-0.39, 0.29) is 6.54 Å². The van der Waals surface area contributed by atoms with Crippen molar-refractivity contribution >= 4 is 10.2 Å². The maximum atomic E-state index is 12.1. The Labute approximate surface area is 108 Å². The van der Waals surface area contributed by atoms with Crippen LogP contribution in [0.25, 0.3) is 0 Å². The van der Waals surface area contributed by atoms with Crippen LogP contribution in [0.2, 0.25) is 0 Å². The molecule has 2 rings (SSSR count). The van der Waals surface area contributed by atoms with Crippen LogP contribution >= 0.6 is 0 Å². The molecule has 0 saturated carbocycles. The molecule has 0 spiro atoms. The topological polar surface area (TPSA) is 67.2 Å². The molecule has 18 heavy (non-hydrogen) atoms. The zero-order valence-corrected chi connectivity index (χ0v) is 11.5. The summed E-state index contributed by atoms with van der Waals surface area (Å²) in [6, 6.07) is 1.81. The molecule has 0 aliphatic carbocycles. The van der Waals surface area contributed by atoms with Crippen molar-refractivity contribution in [1.82, 2.24) is 18.8 Å². The molecular formula is C11H20N4O2S. The molecule has 2 heterocycles. The van der Waals surface area contributed by atoms with E-state index in [9.17, 15) is 8.42 Å². The lowest BCUT2D eigenvalue weighted by atomic mass is 10.2. The van der Waals surface area contributed by atoms with E-state index < -0.39 is 10.2 Å². The fourth-order valence-corrected chi connectivity index (χ4v) is 3.36. The Bertz CT molecular complexity index is 475. The maximum absolute atomic E-state index is 12.1. The smallest absolute Gasteiger partial charge is 0.271 e. The second-order valence-electron chi connectivity index (χ2n) is 4.59. The van der Waals surface area contributed by atoms with Gasteiger partial charge < -0.3 is 0 Å². The first kappa shape index (κ1) is 13.5. The average Bonchev–Trinajstić information content (AvgIpc) is 2.59. The van der Waals surface area contributed by atoms with E-state index in [1.165, 1.54) is 0 Å². The summed E-state index contributed by atoms with van der Waals surface area (Å²) in [4.78, 5) is 0. The van der Waals surface area contributed by atoms with Gasteiger partial charge in [-0.3, -0.25) is 4.68 Å². The van der Waals surface area contributed by atoms with E-state index in [4.69, 9.17) is 0 Å². The van der Waals surface area contributed by atoms with Gasteiger partial charge >= 0.3 is 0 Å². The second-order valence-corrected chi connectivity index (χ2v) is 6.34. The summed E-state index contributed by atoms with van der Waals surface area (Å²) in [6.07, 6.45) is 5.80. The van der Waals surface area contributed by atoms with Crippen molar-refractivity contribution in [2.75, 3.05) is 13.1 Å². The Balaban J connectivity index is 1.96. The van der Waals surface area contributed by atoms with Gasteiger partial charge in [-0.05, 0) is 18.9 Å².